The van der Waals surface area contributed by atoms with Crippen LogP contribution in [0.4, 0.5) is 0 Å². The van der Waals surface area contributed by atoms with Gasteiger partial charge in [-0.25, -0.2) is 4.68 Å². The van der Waals surface area contributed by atoms with Gasteiger partial charge in [0.2, 0.25) is 0 Å². The molecule has 0 aliphatic heterocycles. The number of nitrogens with one attached hydrogen (secondary N) is 1. The maximum absolute atomic E-state index is 13.0. The summed E-state index contributed by atoms with van der Waals surface area (Å²) in [4.78, 5) is 16.7. The molecule has 8 heteroatoms. The number of aryl methyl sites for hydroxylation is 1. The van der Waals surface area contributed by atoms with Gasteiger partial charge < -0.3 is 15.0 Å². The Balaban J connectivity index is 1.54. The minimum atomic E-state index is -0.0892. The summed E-state index contributed by atoms with van der Waals surface area (Å²) >= 11 is 7.46. The molecule has 1 atom stereocenters. The van der Waals surface area contributed by atoms with Gasteiger partial charge in [-0.3, -0.25) is 4.79 Å². The first kappa shape index (κ1) is 22.3. The van der Waals surface area contributed by atoms with Gasteiger partial charge in [0.25, 0.3) is 5.91 Å². The lowest BCUT2D eigenvalue weighted by atomic mass is 10.1. The van der Waals surface area contributed by atoms with Crippen LogP contribution in [0.1, 0.15) is 27.0 Å². The van der Waals surface area contributed by atoms with Crippen molar-refractivity contribution in [3.63, 3.8) is 0 Å². The molecule has 2 aromatic heterocycles. The average molecular weight is 469 g/mol. The van der Waals surface area contributed by atoms with Crippen molar-refractivity contribution in [1.29, 1.82) is 0 Å². The highest BCUT2D eigenvalue weighted by Crippen LogP contribution is 2.31. The Kier molecular flexibility index (Phi) is 6.50. The van der Waals surface area contributed by atoms with Crippen molar-refractivity contribution in [2.24, 2.45) is 0 Å². The molecular weight excluding hydrogens is 444 g/mol. The number of fused-ring (bicyclic) bond motifs is 1. The van der Waals surface area contributed by atoms with Gasteiger partial charge in [0.1, 0.15) is 10.6 Å². The highest BCUT2D eigenvalue weighted by molar-refractivity contribution is 7.20. The number of carbonyl (C=O) groups is 1. The van der Waals surface area contributed by atoms with Gasteiger partial charge in [-0.15, -0.1) is 11.3 Å². The Morgan fingerprint density at radius 2 is 1.88 bits per heavy atom. The van der Waals surface area contributed by atoms with E-state index in [1.165, 1.54) is 11.3 Å². The third kappa shape index (κ3) is 4.50. The van der Waals surface area contributed by atoms with Crippen LogP contribution in [0.15, 0.2) is 54.6 Å². The van der Waals surface area contributed by atoms with Gasteiger partial charge in [-0.1, -0.05) is 23.7 Å². The molecule has 2 heterocycles. The van der Waals surface area contributed by atoms with E-state index in [4.69, 9.17) is 16.3 Å². The highest BCUT2D eigenvalue weighted by Gasteiger charge is 2.20. The fraction of sp³-hybridized carbons (Fsp3) is 0.250. The summed E-state index contributed by atoms with van der Waals surface area (Å²) in [6, 6.07) is 17.4. The van der Waals surface area contributed by atoms with E-state index in [0.29, 0.717) is 16.4 Å². The molecule has 2 aromatic carbocycles. The summed E-state index contributed by atoms with van der Waals surface area (Å²) in [5.41, 5.74) is 2.91. The lowest BCUT2D eigenvalue weighted by Gasteiger charge is -2.25. The van der Waals surface area contributed by atoms with Gasteiger partial charge in [-0.05, 0) is 69.0 Å². The summed E-state index contributed by atoms with van der Waals surface area (Å²) in [6.45, 7) is 2.45. The van der Waals surface area contributed by atoms with Crippen molar-refractivity contribution in [3.05, 3.63) is 75.8 Å². The van der Waals surface area contributed by atoms with Crippen LogP contribution >= 0.6 is 22.9 Å². The summed E-state index contributed by atoms with van der Waals surface area (Å²) < 4.78 is 7.11. The maximum Gasteiger partial charge on any atom is 0.261 e. The van der Waals surface area contributed by atoms with Crippen molar-refractivity contribution in [1.82, 2.24) is 20.0 Å². The lowest BCUT2D eigenvalue weighted by Crippen LogP contribution is -2.34. The van der Waals surface area contributed by atoms with Crippen molar-refractivity contribution >= 4 is 39.1 Å². The number of halogens is 1. The van der Waals surface area contributed by atoms with E-state index in [1.54, 1.807) is 7.11 Å². The Hall–Kier alpha value is -2.87. The molecule has 6 nitrogen and oxygen atoms in total. The van der Waals surface area contributed by atoms with Gasteiger partial charge in [0.05, 0.1) is 29.4 Å². The average Bonchev–Trinajstić information content (AvgIpc) is 3.35. The van der Waals surface area contributed by atoms with E-state index in [-0.39, 0.29) is 11.9 Å². The predicted molar refractivity (Wildman–Crippen MR) is 130 cm³/mol. The highest BCUT2D eigenvalue weighted by atomic mass is 35.5. The van der Waals surface area contributed by atoms with Crippen molar-refractivity contribution in [2.45, 2.75) is 13.0 Å². The molecule has 4 aromatic rings. The first-order valence-electron chi connectivity index (χ1n) is 10.2. The van der Waals surface area contributed by atoms with Crippen LogP contribution in [-0.4, -0.2) is 48.3 Å². The second-order valence-electron chi connectivity index (χ2n) is 7.77. The Morgan fingerprint density at radius 3 is 2.50 bits per heavy atom. The lowest BCUT2D eigenvalue weighted by molar-refractivity contribution is 0.0946. The molecule has 0 fully saturated rings. The van der Waals surface area contributed by atoms with Crippen LogP contribution in [0.5, 0.6) is 5.75 Å². The van der Waals surface area contributed by atoms with E-state index < -0.39 is 0 Å². The number of nitrogens with zero attached hydrogens (tertiary/aromatic N) is 3. The fourth-order valence-corrected chi connectivity index (χ4v) is 4.84. The third-order valence-electron chi connectivity index (χ3n) is 5.42. The Labute approximate surface area is 196 Å². The van der Waals surface area contributed by atoms with E-state index >= 15 is 0 Å². The first-order chi connectivity index (χ1) is 15.4. The van der Waals surface area contributed by atoms with Gasteiger partial charge in [0, 0.05) is 17.0 Å². The number of likely N-dealkylation sites (N-methyl/N-ethyl adjacent to an activating group) is 1. The number of hydrogen-bond acceptors (Lipinski definition) is 5. The third-order valence-corrected chi connectivity index (χ3v) is 6.78. The minimum Gasteiger partial charge on any atom is -0.497 e. The molecule has 0 aliphatic carbocycles. The molecule has 32 heavy (non-hydrogen) atoms. The van der Waals surface area contributed by atoms with E-state index in [1.807, 2.05) is 80.3 Å². The van der Waals surface area contributed by atoms with Gasteiger partial charge >= 0.3 is 0 Å². The molecule has 166 valence electrons. The number of benzene rings is 2. The van der Waals surface area contributed by atoms with Crippen LogP contribution < -0.4 is 10.1 Å². The number of methoxy groups -OCH3 is 1. The molecule has 0 bridgehead atoms. The van der Waals surface area contributed by atoms with Crippen LogP contribution in [0.3, 0.4) is 0 Å². The minimum absolute atomic E-state index is 0.0468. The monoisotopic (exact) mass is 468 g/mol. The molecule has 0 aliphatic rings. The molecule has 0 saturated carbocycles. The van der Waals surface area contributed by atoms with Crippen LogP contribution in [-0.2, 0) is 0 Å². The summed E-state index contributed by atoms with van der Waals surface area (Å²) in [6.07, 6.45) is 0. The molecule has 1 N–H and O–H groups in total. The predicted octanol–water partition coefficient (Wildman–Crippen LogP) is 5.09. The Morgan fingerprint density at radius 1 is 1.19 bits per heavy atom. The van der Waals surface area contributed by atoms with Crippen LogP contribution in [0, 0.1) is 6.92 Å². The largest absolute Gasteiger partial charge is 0.497 e. The number of amides is 1. The SMILES string of the molecule is COc1ccc([C@H](CNC(=O)c2cc3c(C)nn(-c4ccc(Cl)cc4)c3s2)N(C)C)cc1. The zero-order chi connectivity index (χ0) is 22.8. The molecule has 1 amide bonds. The number of ether oxygens (including phenoxy) is 1. The fourth-order valence-electron chi connectivity index (χ4n) is 3.62. The second-order valence-corrected chi connectivity index (χ2v) is 9.23. The van der Waals surface area contributed by atoms with E-state index in [0.717, 1.165) is 32.9 Å². The van der Waals surface area contributed by atoms with E-state index in [9.17, 15) is 4.79 Å². The topological polar surface area (TPSA) is 59.4 Å². The number of aromatic nitrogens is 2. The normalized spacial score (nSPS) is 12.3. The smallest absolute Gasteiger partial charge is 0.261 e. The standard InChI is InChI=1S/C24H25ClN4O2S/c1-15-20-13-22(32-24(20)29(27-15)18-9-7-17(25)8-10-18)23(30)26-14-21(28(2)3)16-5-11-19(31-4)12-6-16/h5-13,21H,14H2,1-4H3,(H,26,30)/t21-/m0/s1. The van der Waals surface area contributed by atoms with Crippen molar-refractivity contribution in [2.75, 3.05) is 27.7 Å². The molecular formula is C24H25ClN4O2S. The first-order valence-corrected chi connectivity index (χ1v) is 11.4. The van der Waals surface area contributed by atoms with Gasteiger partial charge in [-0.2, -0.15) is 5.10 Å². The van der Waals surface area contributed by atoms with E-state index in [2.05, 4.69) is 15.3 Å². The van der Waals surface area contributed by atoms with Crippen molar-refractivity contribution in [3.8, 4) is 11.4 Å². The van der Waals surface area contributed by atoms with Gasteiger partial charge in [0.15, 0.2) is 0 Å². The molecule has 0 spiro atoms. The Bertz CT molecular complexity index is 1230. The van der Waals surface area contributed by atoms with Crippen LogP contribution in [0.2, 0.25) is 5.02 Å². The molecule has 0 radical (unpaired) electrons. The summed E-state index contributed by atoms with van der Waals surface area (Å²) in [5, 5.41) is 9.39. The zero-order valence-electron chi connectivity index (χ0n) is 18.4. The zero-order valence-corrected chi connectivity index (χ0v) is 20.0. The maximum atomic E-state index is 13.0. The quantitative estimate of drug-likeness (QED) is 0.410. The summed E-state index contributed by atoms with van der Waals surface area (Å²) in [5.74, 6) is 0.722. The molecule has 0 saturated heterocycles. The number of carbonyl (C=O) groups excluding carboxylic acids is 1. The summed E-state index contributed by atoms with van der Waals surface area (Å²) in [7, 11) is 5.66. The molecule has 4 rings (SSSR count). The number of rotatable bonds is 7. The second kappa shape index (κ2) is 9.32. The van der Waals surface area contributed by atoms with Crippen molar-refractivity contribution < 1.29 is 9.53 Å². The number of hydrogen-bond donors (Lipinski definition) is 1. The molecule has 0 unspecified atom stereocenters. The van der Waals surface area contributed by atoms with Crippen LogP contribution in [0.25, 0.3) is 15.9 Å². The number of thiophene rings is 1.